The quantitative estimate of drug-likeness (QED) is 0.383. The van der Waals surface area contributed by atoms with Crippen LogP contribution in [0.4, 0.5) is 17.6 Å². The summed E-state index contributed by atoms with van der Waals surface area (Å²) in [5.74, 6) is 2.48. The average Bonchev–Trinajstić information content (AvgIpc) is 3.53. The Morgan fingerprint density at radius 3 is 2.97 bits per heavy atom. The average molecular weight is 526 g/mol. The van der Waals surface area contributed by atoms with Crippen LogP contribution in [-0.2, 0) is 11.0 Å². The molecule has 0 aromatic carbocycles. The number of hydrogen-bond acceptors (Lipinski definition) is 9. The Kier molecular flexibility index (Phi) is 6.19. The van der Waals surface area contributed by atoms with Crippen LogP contribution in [0.2, 0.25) is 0 Å². The molecular formula is C24H31N9OS2. The van der Waals surface area contributed by atoms with Gasteiger partial charge in [-0.15, -0.1) is 11.3 Å². The Morgan fingerprint density at radius 1 is 1.33 bits per heavy atom. The van der Waals surface area contributed by atoms with Crippen LogP contribution in [0.15, 0.2) is 17.5 Å². The van der Waals surface area contributed by atoms with Crippen LogP contribution in [0.3, 0.4) is 0 Å². The molecule has 5 unspecified atom stereocenters. The van der Waals surface area contributed by atoms with Crippen molar-refractivity contribution in [3.8, 4) is 6.07 Å². The van der Waals surface area contributed by atoms with Crippen LogP contribution in [0.5, 0.6) is 0 Å². The number of fused-ring (bicyclic) bond motifs is 3. The lowest BCUT2D eigenvalue weighted by molar-refractivity contribution is 0.240. The van der Waals surface area contributed by atoms with Gasteiger partial charge in [0.25, 0.3) is 0 Å². The largest absolute Gasteiger partial charge is 0.351 e. The van der Waals surface area contributed by atoms with Gasteiger partial charge in [-0.25, -0.2) is 13.5 Å². The minimum atomic E-state index is -1.11. The van der Waals surface area contributed by atoms with Crippen molar-refractivity contribution < 1.29 is 4.21 Å². The fourth-order valence-electron chi connectivity index (χ4n) is 5.86. The van der Waals surface area contributed by atoms with Crippen molar-refractivity contribution in [2.75, 3.05) is 23.7 Å². The van der Waals surface area contributed by atoms with Crippen LogP contribution >= 0.6 is 11.3 Å². The third-order valence-corrected chi connectivity index (χ3v) is 10.2. The van der Waals surface area contributed by atoms with Crippen molar-refractivity contribution >= 4 is 50.1 Å². The number of hydrogen-bond donors (Lipinski definition) is 4. The van der Waals surface area contributed by atoms with Gasteiger partial charge in [0, 0.05) is 36.9 Å². The standard InChI is InChI=1S/C24H31N9OS2/c1-14-7-18(9-17-3-5-24(10-14,30-17)36(34)33-12-16(11-25)13-33)26-23-28-21(19-4-6-35-22(19)29-23)27-20-8-15(2)31-32-20/h4,6,8,14,16-18,30H,3,5,7,9-10,12-13H2,1-2H3,(H3,26,27,28,29,31,32). The van der Waals surface area contributed by atoms with Gasteiger partial charge in [0.1, 0.15) is 26.5 Å². The van der Waals surface area contributed by atoms with E-state index in [-0.39, 0.29) is 16.8 Å². The molecular weight excluding hydrogens is 494 g/mol. The number of aromatic nitrogens is 4. The number of nitrogens with zero attached hydrogens (tertiary/aromatic N) is 5. The van der Waals surface area contributed by atoms with Crippen molar-refractivity contribution in [2.24, 2.45) is 11.8 Å². The van der Waals surface area contributed by atoms with Gasteiger partial charge in [-0.3, -0.25) is 10.4 Å². The van der Waals surface area contributed by atoms with E-state index in [0.717, 1.165) is 59.7 Å². The highest BCUT2D eigenvalue weighted by Crippen LogP contribution is 2.41. The minimum Gasteiger partial charge on any atom is -0.351 e. The number of aryl methyl sites for hydroxylation is 1. The summed E-state index contributed by atoms with van der Waals surface area (Å²) < 4.78 is 15.5. The fourth-order valence-corrected chi connectivity index (χ4v) is 8.74. The van der Waals surface area contributed by atoms with E-state index in [2.05, 4.69) is 39.1 Å². The van der Waals surface area contributed by atoms with E-state index in [1.54, 1.807) is 11.3 Å². The smallest absolute Gasteiger partial charge is 0.226 e. The van der Waals surface area contributed by atoms with Crippen LogP contribution in [0.1, 0.15) is 44.7 Å². The van der Waals surface area contributed by atoms with Crippen molar-refractivity contribution in [3.05, 3.63) is 23.2 Å². The predicted molar refractivity (Wildman–Crippen MR) is 142 cm³/mol. The summed E-state index contributed by atoms with van der Waals surface area (Å²) in [7, 11) is -1.11. The van der Waals surface area contributed by atoms with Gasteiger partial charge in [0.15, 0.2) is 5.82 Å². The second-order valence-corrected chi connectivity index (χ2v) is 13.2. The molecule has 3 aromatic rings. The summed E-state index contributed by atoms with van der Waals surface area (Å²) in [5, 5.41) is 30.1. The SMILES string of the molecule is Cc1cc(Nc2nc(NC3CC(C)CC4(S(=O)N5CC(C#N)C5)CCC(C3)N4)nc3sccc23)n[nH]1. The van der Waals surface area contributed by atoms with Gasteiger partial charge in [-0.05, 0) is 56.4 Å². The summed E-state index contributed by atoms with van der Waals surface area (Å²) in [6, 6.07) is 6.78. The second kappa shape index (κ2) is 9.37. The van der Waals surface area contributed by atoms with E-state index in [1.807, 2.05) is 28.7 Å². The molecule has 3 aliphatic heterocycles. The van der Waals surface area contributed by atoms with Gasteiger partial charge < -0.3 is 10.6 Å². The molecule has 0 spiro atoms. The van der Waals surface area contributed by atoms with Crippen LogP contribution in [-0.4, -0.2) is 58.7 Å². The lowest BCUT2D eigenvalue weighted by Crippen LogP contribution is -2.59. The highest BCUT2D eigenvalue weighted by Gasteiger charge is 2.50. The zero-order chi connectivity index (χ0) is 24.9. The Bertz CT molecular complexity index is 1330. The van der Waals surface area contributed by atoms with E-state index < -0.39 is 11.0 Å². The molecule has 0 aliphatic carbocycles. The van der Waals surface area contributed by atoms with E-state index in [9.17, 15) is 4.21 Å². The molecule has 3 aromatic heterocycles. The van der Waals surface area contributed by atoms with E-state index >= 15 is 0 Å². The molecule has 12 heteroatoms. The van der Waals surface area contributed by atoms with Crippen LogP contribution in [0, 0.1) is 30.1 Å². The first-order valence-corrected chi connectivity index (χ1v) is 14.5. The molecule has 3 saturated heterocycles. The zero-order valence-electron chi connectivity index (χ0n) is 20.5. The van der Waals surface area contributed by atoms with Gasteiger partial charge in [-0.1, -0.05) is 6.92 Å². The Hall–Kier alpha value is -2.59. The lowest BCUT2D eigenvalue weighted by atomic mass is 9.91. The summed E-state index contributed by atoms with van der Waals surface area (Å²) in [5.41, 5.74) is 0.982. The van der Waals surface area contributed by atoms with Crippen molar-refractivity contribution in [2.45, 2.75) is 62.9 Å². The first-order chi connectivity index (χ1) is 17.4. The monoisotopic (exact) mass is 525 g/mol. The van der Waals surface area contributed by atoms with Gasteiger partial charge >= 0.3 is 0 Å². The maximum absolute atomic E-state index is 13.5. The minimum absolute atomic E-state index is 0.0132. The third-order valence-electron chi connectivity index (χ3n) is 7.51. The summed E-state index contributed by atoms with van der Waals surface area (Å²) in [6.45, 7) is 5.45. The second-order valence-electron chi connectivity index (χ2n) is 10.5. The number of thiophene rings is 1. The molecule has 36 heavy (non-hydrogen) atoms. The van der Waals surface area contributed by atoms with Gasteiger partial charge in [0.2, 0.25) is 5.95 Å². The lowest BCUT2D eigenvalue weighted by Gasteiger charge is -2.43. The molecule has 10 nitrogen and oxygen atoms in total. The molecule has 5 atom stereocenters. The molecule has 0 saturated carbocycles. The highest BCUT2D eigenvalue weighted by atomic mass is 32.2. The summed E-state index contributed by atoms with van der Waals surface area (Å²) in [4.78, 5) is 10.2. The molecule has 3 fully saturated rings. The number of aromatic amines is 1. The number of anilines is 3. The third kappa shape index (κ3) is 4.49. The Balaban J connectivity index is 1.18. The molecule has 0 radical (unpaired) electrons. The number of H-pyrrole nitrogens is 1. The fraction of sp³-hybridized carbons (Fsp3) is 0.583. The first kappa shape index (κ1) is 23.8. The van der Waals surface area contributed by atoms with Crippen molar-refractivity contribution in [3.63, 3.8) is 0 Å². The van der Waals surface area contributed by atoms with Gasteiger partial charge in [0.05, 0.1) is 17.4 Å². The zero-order valence-corrected chi connectivity index (χ0v) is 22.1. The van der Waals surface area contributed by atoms with Crippen molar-refractivity contribution in [1.29, 1.82) is 5.26 Å². The first-order valence-electron chi connectivity index (χ1n) is 12.6. The molecule has 190 valence electrons. The summed E-state index contributed by atoms with van der Waals surface area (Å²) in [6.07, 6.45) is 4.66. The molecule has 3 aliphatic rings. The molecule has 6 rings (SSSR count). The predicted octanol–water partition coefficient (Wildman–Crippen LogP) is 3.63. The highest BCUT2D eigenvalue weighted by molar-refractivity contribution is 7.84. The number of nitriles is 1. The Morgan fingerprint density at radius 2 is 2.19 bits per heavy atom. The topological polar surface area (TPSA) is 135 Å². The number of nitrogens with one attached hydrogen (secondary N) is 4. The van der Waals surface area contributed by atoms with E-state index in [4.69, 9.17) is 15.2 Å². The summed E-state index contributed by atoms with van der Waals surface area (Å²) >= 11 is 1.60. The van der Waals surface area contributed by atoms with Crippen LogP contribution in [0.25, 0.3) is 10.2 Å². The normalized spacial score (nSPS) is 29.8. The van der Waals surface area contributed by atoms with E-state index in [0.29, 0.717) is 31.0 Å². The molecule has 6 heterocycles. The van der Waals surface area contributed by atoms with Crippen LogP contribution < -0.4 is 16.0 Å². The maximum atomic E-state index is 13.5. The molecule has 4 N–H and O–H groups in total. The van der Waals surface area contributed by atoms with E-state index in [1.165, 1.54) is 0 Å². The van der Waals surface area contributed by atoms with Gasteiger partial charge in [-0.2, -0.15) is 15.3 Å². The Labute approximate surface area is 216 Å². The maximum Gasteiger partial charge on any atom is 0.226 e. The number of rotatable bonds is 6. The van der Waals surface area contributed by atoms with Crippen molar-refractivity contribution in [1.82, 2.24) is 29.8 Å². The molecule has 2 bridgehead atoms. The molecule has 0 amide bonds.